The summed E-state index contributed by atoms with van der Waals surface area (Å²) in [6.45, 7) is 0. The van der Waals surface area contributed by atoms with Crippen molar-refractivity contribution < 1.29 is 14.0 Å². The second-order valence-corrected chi connectivity index (χ2v) is 9.24. The van der Waals surface area contributed by atoms with Crippen LogP contribution in [0.5, 0.6) is 0 Å². The second kappa shape index (κ2) is 8.04. The van der Waals surface area contributed by atoms with Crippen molar-refractivity contribution >= 4 is 11.6 Å². The summed E-state index contributed by atoms with van der Waals surface area (Å²) < 4.78 is 5.79. The number of Topliss-reactive ketones (excluding diaryl/α,β-unsaturated/α-hetero) is 2. The first-order valence-corrected chi connectivity index (χ1v) is 11.6. The Hall–Kier alpha value is -3.66. The van der Waals surface area contributed by atoms with Gasteiger partial charge in [0, 0.05) is 35.4 Å². The molecule has 4 heteroatoms. The summed E-state index contributed by atoms with van der Waals surface area (Å²) in [5.74, 6) is 0.725. The molecular weight excluding hydrogens is 410 g/mol. The van der Waals surface area contributed by atoms with Gasteiger partial charge >= 0.3 is 0 Å². The van der Waals surface area contributed by atoms with Crippen LogP contribution in [0.2, 0.25) is 0 Å². The maximum atomic E-state index is 13.5. The Kier molecular flexibility index (Phi) is 4.87. The van der Waals surface area contributed by atoms with Crippen LogP contribution in [0.4, 0.5) is 0 Å². The van der Waals surface area contributed by atoms with Crippen LogP contribution in [0, 0.1) is 0 Å². The Balaban J connectivity index is 1.42. The minimum absolute atomic E-state index is 0.100. The van der Waals surface area contributed by atoms with E-state index in [1.165, 1.54) is 11.1 Å². The third-order valence-corrected chi connectivity index (χ3v) is 7.26. The van der Waals surface area contributed by atoms with E-state index < -0.39 is 5.92 Å². The fourth-order valence-corrected chi connectivity index (χ4v) is 5.76. The Bertz CT molecular complexity index is 1190. The lowest BCUT2D eigenvalue weighted by atomic mass is 9.68. The van der Waals surface area contributed by atoms with Gasteiger partial charge in [0.05, 0.1) is 12.2 Å². The van der Waals surface area contributed by atoms with Gasteiger partial charge in [0.25, 0.3) is 0 Å². The molecule has 164 valence electrons. The Labute approximate surface area is 193 Å². The lowest BCUT2D eigenvalue weighted by Crippen LogP contribution is -2.38. The van der Waals surface area contributed by atoms with Crippen LogP contribution in [0.25, 0.3) is 0 Å². The number of allylic oxidation sites excluding steroid dienone is 4. The maximum absolute atomic E-state index is 13.5. The molecule has 1 aliphatic heterocycles. The highest BCUT2D eigenvalue weighted by atomic mass is 16.3. The van der Waals surface area contributed by atoms with E-state index in [4.69, 9.17) is 4.42 Å². The highest BCUT2D eigenvalue weighted by Gasteiger charge is 2.44. The van der Waals surface area contributed by atoms with Crippen LogP contribution >= 0.6 is 0 Å². The van der Waals surface area contributed by atoms with Crippen LogP contribution in [0.1, 0.15) is 60.3 Å². The molecule has 0 bridgehead atoms. The van der Waals surface area contributed by atoms with Crippen LogP contribution in [0.15, 0.2) is 106 Å². The van der Waals surface area contributed by atoms with E-state index in [1.807, 2.05) is 48.5 Å². The number of nitrogens with one attached hydrogen (secondary N) is 1. The van der Waals surface area contributed by atoms with Crippen molar-refractivity contribution in [2.75, 3.05) is 0 Å². The summed E-state index contributed by atoms with van der Waals surface area (Å²) in [5.41, 5.74) is 5.67. The van der Waals surface area contributed by atoms with E-state index >= 15 is 0 Å². The average molecular weight is 436 g/mol. The minimum atomic E-state index is -0.417. The third-order valence-electron chi connectivity index (χ3n) is 7.26. The Morgan fingerprint density at radius 2 is 1.15 bits per heavy atom. The van der Waals surface area contributed by atoms with Crippen molar-refractivity contribution in [2.45, 2.75) is 43.4 Å². The Morgan fingerprint density at radius 3 is 1.61 bits per heavy atom. The van der Waals surface area contributed by atoms with Gasteiger partial charge in [-0.15, -0.1) is 0 Å². The van der Waals surface area contributed by atoms with Gasteiger partial charge < -0.3 is 9.73 Å². The number of hydrogen-bond donors (Lipinski definition) is 1. The first-order chi connectivity index (χ1) is 16.2. The molecule has 0 fully saturated rings. The number of dihydropyridines is 1. The summed E-state index contributed by atoms with van der Waals surface area (Å²) in [6.07, 6.45) is 4.03. The summed E-state index contributed by atoms with van der Waals surface area (Å²) in [6, 6.07) is 24.2. The molecule has 0 spiro atoms. The normalized spacial score (nSPS) is 23.3. The number of furan rings is 1. The monoisotopic (exact) mass is 435 g/mol. The standard InChI is InChI=1S/C29H25NO3/c31-24-16-20(18-8-3-1-4-9-18)14-22-27(24)29(26-12-7-13-33-26)28-23(30-22)15-21(17-25(28)32)19-10-5-2-6-11-19/h1-13,20-21,29-30H,14-17H2/t20-,21-/m1/s1. The molecule has 2 atom stereocenters. The largest absolute Gasteiger partial charge is 0.468 e. The number of benzene rings is 2. The van der Waals surface area contributed by atoms with E-state index in [0.29, 0.717) is 29.7 Å². The van der Waals surface area contributed by atoms with Gasteiger partial charge in [0.15, 0.2) is 11.6 Å². The summed E-state index contributed by atoms with van der Waals surface area (Å²) >= 11 is 0. The predicted octanol–water partition coefficient (Wildman–Crippen LogP) is 5.77. The van der Waals surface area contributed by atoms with Gasteiger partial charge in [-0.2, -0.15) is 0 Å². The first kappa shape index (κ1) is 20.0. The zero-order chi connectivity index (χ0) is 22.4. The molecule has 2 aliphatic carbocycles. The number of carbonyl (C=O) groups is 2. The molecule has 3 aromatic rings. The van der Waals surface area contributed by atoms with Crippen LogP contribution < -0.4 is 5.32 Å². The van der Waals surface area contributed by atoms with Gasteiger partial charge in [0.1, 0.15) is 5.76 Å². The summed E-state index contributed by atoms with van der Waals surface area (Å²) in [5, 5.41) is 3.59. The predicted molar refractivity (Wildman–Crippen MR) is 125 cm³/mol. The van der Waals surface area contributed by atoms with E-state index in [2.05, 4.69) is 29.6 Å². The molecular formula is C29H25NO3. The third kappa shape index (κ3) is 3.46. The highest BCUT2D eigenvalue weighted by Crippen LogP contribution is 2.49. The Morgan fingerprint density at radius 1 is 0.636 bits per heavy atom. The molecule has 2 heterocycles. The van der Waals surface area contributed by atoms with E-state index in [-0.39, 0.29) is 23.4 Å². The molecule has 0 saturated heterocycles. The van der Waals surface area contributed by atoms with Gasteiger partial charge in [-0.05, 0) is 47.9 Å². The molecule has 0 saturated carbocycles. The van der Waals surface area contributed by atoms with Crippen molar-refractivity contribution in [1.82, 2.24) is 5.32 Å². The SMILES string of the molecule is O=C1C[C@H](c2ccccc2)CC2=C1C(c1ccco1)C1=C(C[C@@H](c3ccccc3)CC1=O)N2. The van der Waals surface area contributed by atoms with Gasteiger partial charge in [-0.1, -0.05) is 60.7 Å². The van der Waals surface area contributed by atoms with Crippen LogP contribution in [-0.2, 0) is 9.59 Å². The smallest absolute Gasteiger partial charge is 0.162 e. The number of ketones is 2. The average Bonchev–Trinajstić information content (AvgIpc) is 3.38. The van der Waals surface area contributed by atoms with Crippen LogP contribution in [0.3, 0.4) is 0 Å². The van der Waals surface area contributed by atoms with Crippen molar-refractivity contribution in [3.63, 3.8) is 0 Å². The lowest BCUT2D eigenvalue weighted by molar-refractivity contribution is -0.117. The molecule has 3 aliphatic rings. The summed E-state index contributed by atoms with van der Waals surface area (Å²) in [7, 11) is 0. The van der Waals surface area contributed by atoms with E-state index in [1.54, 1.807) is 6.26 Å². The molecule has 1 N–H and O–H groups in total. The maximum Gasteiger partial charge on any atom is 0.162 e. The quantitative estimate of drug-likeness (QED) is 0.568. The second-order valence-electron chi connectivity index (χ2n) is 9.24. The van der Waals surface area contributed by atoms with E-state index in [9.17, 15) is 9.59 Å². The zero-order valence-corrected chi connectivity index (χ0v) is 18.3. The first-order valence-electron chi connectivity index (χ1n) is 11.6. The number of hydrogen-bond acceptors (Lipinski definition) is 4. The van der Waals surface area contributed by atoms with Gasteiger partial charge in [0.2, 0.25) is 0 Å². The fraction of sp³-hybridized carbons (Fsp3) is 0.241. The molecule has 2 aromatic carbocycles. The molecule has 0 amide bonds. The molecule has 1 aromatic heterocycles. The van der Waals surface area contributed by atoms with Crippen LogP contribution in [-0.4, -0.2) is 11.6 Å². The number of rotatable bonds is 3. The van der Waals surface area contributed by atoms with Crippen molar-refractivity contribution in [3.8, 4) is 0 Å². The zero-order valence-electron chi connectivity index (χ0n) is 18.3. The van der Waals surface area contributed by atoms with Crippen molar-refractivity contribution in [3.05, 3.63) is 118 Å². The van der Waals surface area contributed by atoms with Crippen molar-refractivity contribution in [1.29, 1.82) is 0 Å². The van der Waals surface area contributed by atoms with Gasteiger partial charge in [-0.3, -0.25) is 9.59 Å². The topological polar surface area (TPSA) is 59.3 Å². The fourth-order valence-electron chi connectivity index (χ4n) is 5.76. The lowest BCUT2D eigenvalue weighted by Gasteiger charge is -2.39. The summed E-state index contributed by atoms with van der Waals surface area (Å²) in [4.78, 5) is 27.0. The minimum Gasteiger partial charge on any atom is -0.468 e. The molecule has 0 unspecified atom stereocenters. The molecule has 4 nitrogen and oxygen atoms in total. The van der Waals surface area contributed by atoms with Gasteiger partial charge in [-0.25, -0.2) is 0 Å². The highest BCUT2D eigenvalue weighted by molar-refractivity contribution is 6.06. The van der Waals surface area contributed by atoms with E-state index in [0.717, 1.165) is 24.2 Å². The molecule has 0 radical (unpaired) electrons. The molecule has 33 heavy (non-hydrogen) atoms. The number of carbonyl (C=O) groups excluding carboxylic acids is 2. The van der Waals surface area contributed by atoms with Crippen molar-refractivity contribution in [2.24, 2.45) is 0 Å². The molecule has 6 rings (SSSR count).